The van der Waals surface area contributed by atoms with Gasteiger partial charge in [-0.1, -0.05) is 50.1 Å². The van der Waals surface area contributed by atoms with E-state index in [1.807, 2.05) is 18.2 Å². The van der Waals surface area contributed by atoms with Crippen LogP contribution in [-0.2, 0) is 0 Å². The van der Waals surface area contributed by atoms with Crippen LogP contribution in [0.15, 0.2) is 42.0 Å². The van der Waals surface area contributed by atoms with Crippen LogP contribution >= 0.6 is 11.3 Å². The van der Waals surface area contributed by atoms with Gasteiger partial charge in [0.2, 0.25) is 0 Å². The lowest BCUT2D eigenvalue weighted by Gasteiger charge is -2.37. The van der Waals surface area contributed by atoms with Crippen molar-refractivity contribution in [3.05, 3.63) is 52.4 Å². The Hall–Kier alpha value is -1.91. The quantitative estimate of drug-likeness (QED) is 0.542. The molecular formula is C27H33NO2S. The van der Waals surface area contributed by atoms with Gasteiger partial charge in [-0.3, -0.25) is 4.90 Å². The summed E-state index contributed by atoms with van der Waals surface area (Å²) in [6.07, 6.45) is 8.88. The fourth-order valence-corrected chi connectivity index (χ4v) is 6.51. The van der Waals surface area contributed by atoms with Gasteiger partial charge >= 0.3 is 5.97 Å². The zero-order valence-electron chi connectivity index (χ0n) is 18.5. The molecule has 0 spiro atoms. The summed E-state index contributed by atoms with van der Waals surface area (Å²) in [5, 5.41) is 10.0. The predicted molar refractivity (Wildman–Crippen MR) is 129 cm³/mol. The van der Waals surface area contributed by atoms with Gasteiger partial charge in [0.05, 0.1) is 0 Å². The van der Waals surface area contributed by atoms with Crippen LogP contribution in [0.4, 0.5) is 0 Å². The van der Waals surface area contributed by atoms with E-state index >= 15 is 0 Å². The second kappa shape index (κ2) is 8.91. The minimum atomic E-state index is -0.785. The highest BCUT2D eigenvalue weighted by Crippen LogP contribution is 2.44. The SMILES string of the molecule is CC1CCC(C2=C(c3cc(-c4ccccc4)sc3C(=O)O)CCN(CC3CC3)C2)CC1. The second-order valence-electron chi connectivity index (χ2n) is 9.91. The molecule has 0 saturated heterocycles. The fraction of sp³-hybridized carbons (Fsp3) is 0.519. The van der Waals surface area contributed by atoms with E-state index in [2.05, 4.69) is 30.0 Å². The van der Waals surface area contributed by atoms with Gasteiger partial charge in [-0.2, -0.15) is 0 Å². The van der Waals surface area contributed by atoms with Crippen molar-refractivity contribution in [2.24, 2.45) is 17.8 Å². The number of aromatic carboxylic acids is 1. The first kappa shape index (κ1) is 21.0. The summed E-state index contributed by atoms with van der Waals surface area (Å²) in [7, 11) is 0. The Morgan fingerprint density at radius 3 is 2.52 bits per heavy atom. The third kappa shape index (κ3) is 4.65. The maximum atomic E-state index is 12.2. The first-order valence-electron chi connectivity index (χ1n) is 12.0. The Bertz CT molecular complexity index is 964. The molecule has 1 aromatic carbocycles. The average molecular weight is 436 g/mol. The van der Waals surface area contributed by atoms with Crippen molar-refractivity contribution in [1.29, 1.82) is 0 Å². The highest BCUT2D eigenvalue weighted by Gasteiger charge is 2.33. The molecule has 2 aromatic rings. The Kier molecular flexibility index (Phi) is 6.03. The molecule has 1 aromatic heterocycles. The van der Waals surface area contributed by atoms with Gasteiger partial charge in [-0.15, -0.1) is 11.3 Å². The van der Waals surface area contributed by atoms with E-state index in [1.165, 1.54) is 62.0 Å². The van der Waals surface area contributed by atoms with Gasteiger partial charge in [0, 0.05) is 30.1 Å². The first-order chi connectivity index (χ1) is 15.1. The van der Waals surface area contributed by atoms with E-state index < -0.39 is 5.97 Å². The van der Waals surface area contributed by atoms with Gasteiger partial charge in [0.15, 0.2) is 0 Å². The van der Waals surface area contributed by atoms with Crippen molar-refractivity contribution < 1.29 is 9.90 Å². The second-order valence-corrected chi connectivity index (χ2v) is 11.0. The summed E-state index contributed by atoms with van der Waals surface area (Å²) in [4.78, 5) is 16.5. The number of hydrogen-bond donors (Lipinski definition) is 1. The van der Waals surface area contributed by atoms with E-state index in [-0.39, 0.29) is 0 Å². The third-order valence-corrected chi connectivity index (χ3v) is 8.66. The highest BCUT2D eigenvalue weighted by molar-refractivity contribution is 7.17. The Labute approximate surface area is 189 Å². The lowest BCUT2D eigenvalue weighted by atomic mass is 9.75. The van der Waals surface area contributed by atoms with E-state index in [4.69, 9.17) is 0 Å². The summed E-state index contributed by atoms with van der Waals surface area (Å²) in [6.45, 7) is 5.71. The number of carboxylic acids is 1. The van der Waals surface area contributed by atoms with Crippen molar-refractivity contribution in [3.63, 3.8) is 0 Å². The van der Waals surface area contributed by atoms with Crippen LogP contribution < -0.4 is 0 Å². The molecule has 4 heteroatoms. The van der Waals surface area contributed by atoms with Crippen molar-refractivity contribution in [2.45, 2.75) is 51.9 Å². The van der Waals surface area contributed by atoms with Crippen LogP contribution in [0.5, 0.6) is 0 Å². The maximum absolute atomic E-state index is 12.2. The zero-order chi connectivity index (χ0) is 21.4. The van der Waals surface area contributed by atoms with Crippen LogP contribution in [0.3, 0.4) is 0 Å². The molecule has 3 nitrogen and oxygen atoms in total. The Morgan fingerprint density at radius 1 is 1.10 bits per heavy atom. The zero-order valence-corrected chi connectivity index (χ0v) is 19.3. The fourth-order valence-electron chi connectivity index (χ4n) is 5.48. The molecule has 2 aliphatic carbocycles. The van der Waals surface area contributed by atoms with Crippen molar-refractivity contribution in [3.8, 4) is 10.4 Å². The molecule has 2 saturated carbocycles. The molecule has 1 N–H and O–H groups in total. The van der Waals surface area contributed by atoms with Crippen molar-refractivity contribution in [2.75, 3.05) is 19.6 Å². The molecule has 164 valence electrons. The van der Waals surface area contributed by atoms with Gasteiger partial charge < -0.3 is 5.11 Å². The monoisotopic (exact) mass is 435 g/mol. The normalized spacial score (nSPS) is 25.1. The van der Waals surface area contributed by atoms with Crippen LogP contribution in [0.1, 0.15) is 67.1 Å². The molecule has 0 unspecified atom stereocenters. The molecule has 0 radical (unpaired) electrons. The number of rotatable bonds is 6. The summed E-state index contributed by atoms with van der Waals surface area (Å²) < 4.78 is 0. The lowest BCUT2D eigenvalue weighted by Crippen LogP contribution is -2.36. The standard InChI is InChI=1S/C27H33NO2S/c1-18-7-11-20(12-8-18)24-17-28(16-19-9-10-19)14-13-22(24)23-15-25(31-26(23)27(29)30)21-5-3-2-4-6-21/h2-6,15,18-20H,7-14,16-17H2,1H3,(H,29,30). The van der Waals surface area contributed by atoms with Crippen molar-refractivity contribution in [1.82, 2.24) is 4.90 Å². The highest BCUT2D eigenvalue weighted by atomic mass is 32.1. The molecule has 0 amide bonds. The minimum absolute atomic E-state index is 0.520. The number of benzene rings is 1. The summed E-state index contributed by atoms with van der Waals surface area (Å²) in [5.74, 6) is 1.56. The molecule has 31 heavy (non-hydrogen) atoms. The van der Waals surface area contributed by atoms with Crippen LogP contribution in [0, 0.1) is 17.8 Å². The number of nitrogens with zero attached hydrogens (tertiary/aromatic N) is 1. The largest absolute Gasteiger partial charge is 0.477 e. The molecule has 3 aliphatic rings. The number of hydrogen-bond acceptors (Lipinski definition) is 3. The van der Waals surface area contributed by atoms with E-state index in [9.17, 15) is 9.90 Å². The number of thiophene rings is 1. The molecule has 0 atom stereocenters. The lowest BCUT2D eigenvalue weighted by molar-refractivity contribution is 0.0702. The Balaban J connectivity index is 1.54. The Morgan fingerprint density at radius 2 is 1.84 bits per heavy atom. The molecule has 5 rings (SSSR count). The number of carbonyl (C=O) groups is 1. The minimum Gasteiger partial charge on any atom is -0.477 e. The smallest absolute Gasteiger partial charge is 0.346 e. The van der Waals surface area contributed by atoms with E-state index in [0.29, 0.717) is 10.8 Å². The van der Waals surface area contributed by atoms with E-state index in [1.54, 1.807) is 5.57 Å². The summed E-state index contributed by atoms with van der Waals surface area (Å²) in [6, 6.07) is 12.4. The summed E-state index contributed by atoms with van der Waals surface area (Å²) >= 11 is 1.44. The third-order valence-electron chi connectivity index (χ3n) is 7.49. The predicted octanol–water partition coefficient (Wildman–Crippen LogP) is 6.81. The maximum Gasteiger partial charge on any atom is 0.346 e. The van der Waals surface area contributed by atoms with Crippen LogP contribution in [0.25, 0.3) is 16.0 Å². The van der Waals surface area contributed by atoms with Gasteiger partial charge in [-0.05, 0) is 72.6 Å². The number of carboxylic acid groups (broad SMARTS) is 1. The average Bonchev–Trinajstić information content (AvgIpc) is 3.48. The van der Waals surface area contributed by atoms with Gasteiger partial charge in [0.25, 0.3) is 0 Å². The first-order valence-corrected chi connectivity index (χ1v) is 12.8. The molecule has 2 heterocycles. The molecule has 1 aliphatic heterocycles. The molecular weight excluding hydrogens is 402 g/mol. The summed E-state index contributed by atoms with van der Waals surface area (Å²) in [5.41, 5.74) is 5.01. The topological polar surface area (TPSA) is 40.5 Å². The van der Waals surface area contributed by atoms with E-state index in [0.717, 1.165) is 47.4 Å². The molecule has 2 fully saturated rings. The van der Waals surface area contributed by atoms with Gasteiger partial charge in [-0.25, -0.2) is 4.79 Å². The van der Waals surface area contributed by atoms with Crippen LogP contribution in [-0.4, -0.2) is 35.6 Å². The van der Waals surface area contributed by atoms with Crippen LogP contribution in [0.2, 0.25) is 0 Å². The van der Waals surface area contributed by atoms with Gasteiger partial charge in [0.1, 0.15) is 4.88 Å². The molecule has 0 bridgehead atoms. The van der Waals surface area contributed by atoms with Crippen molar-refractivity contribution >= 4 is 22.9 Å².